The van der Waals surface area contributed by atoms with E-state index in [1.165, 1.54) is 16.7 Å². The minimum Gasteiger partial charge on any atom is -0.491 e. The van der Waals surface area contributed by atoms with Gasteiger partial charge in [0.1, 0.15) is 18.5 Å². The Morgan fingerprint density at radius 1 is 0.786 bits per heavy atom. The van der Waals surface area contributed by atoms with E-state index in [1.807, 2.05) is 37.3 Å². The van der Waals surface area contributed by atoms with Crippen molar-refractivity contribution in [1.82, 2.24) is 4.90 Å². The third-order valence-electron chi connectivity index (χ3n) is 4.77. The molecule has 0 aromatic heterocycles. The lowest BCUT2D eigenvalue weighted by molar-refractivity contribution is 0.0626. The van der Waals surface area contributed by atoms with Crippen molar-refractivity contribution in [1.29, 1.82) is 0 Å². The van der Waals surface area contributed by atoms with E-state index in [1.54, 1.807) is 0 Å². The summed E-state index contributed by atoms with van der Waals surface area (Å²) in [5.74, 6) is 0.828. The second-order valence-corrected chi connectivity index (χ2v) is 7.37. The average molecular weight is 376 g/mol. The molecule has 3 aromatic carbocycles. The molecule has 3 heteroatoms. The van der Waals surface area contributed by atoms with E-state index in [0.29, 0.717) is 6.54 Å². The van der Waals surface area contributed by atoms with Crippen LogP contribution in [0, 0.1) is 13.8 Å². The fraction of sp³-hybridized carbons (Fsp3) is 0.280. The van der Waals surface area contributed by atoms with Gasteiger partial charge in [-0.15, -0.1) is 0 Å². The summed E-state index contributed by atoms with van der Waals surface area (Å²) >= 11 is 0. The van der Waals surface area contributed by atoms with Gasteiger partial charge in [-0.3, -0.25) is 4.90 Å². The topological polar surface area (TPSA) is 32.7 Å². The molecular formula is C25H29NO2. The number of aryl methyl sites for hydroxylation is 2. The lowest BCUT2D eigenvalue weighted by atomic mass is 10.1. The van der Waals surface area contributed by atoms with E-state index >= 15 is 0 Å². The maximum absolute atomic E-state index is 10.6. The number of aliphatic hydroxyl groups is 1. The van der Waals surface area contributed by atoms with Gasteiger partial charge in [-0.1, -0.05) is 78.4 Å². The van der Waals surface area contributed by atoms with Crippen LogP contribution < -0.4 is 4.74 Å². The van der Waals surface area contributed by atoms with Crippen LogP contribution >= 0.6 is 0 Å². The van der Waals surface area contributed by atoms with Gasteiger partial charge >= 0.3 is 0 Å². The molecule has 0 aliphatic heterocycles. The van der Waals surface area contributed by atoms with Crippen molar-refractivity contribution in [3.8, 4) is 5.75 Å². The van der Waals surface area contributed by atoms with E-state index in [-0.39, 0.29) is 6.61 Å². The molecule has 0 spiro atoms. The average Bonchev–Trinajstić information content (AvgIpc) is 2.70. The summed E-state index contributed by atoms with van der Waals surface area (Å²) in [4.78, 5) is 2.27. The summed E-state index contributed by atoms with van der Waals surface area (Å²) in [7, 11) is 0. The molecule has 0 radical (unpaired) electrons. The van der Waals surface area contributed by atoms with Gasteiger partial charge < -0.3 is 9.84 Å². The molecule has 3 aromatic rings. The van der Waals surface area contributed by atoms with Crippen LogP contribution in [0.2, 0.25) is 0 Å². The van der Waals surface area contributed by atoms with Gasteiger partial charge in [0, 0.05) is 19.6 Å². The van der Waals surface area contributed by atoms with Crippen LogP contribution in [0.15, 0.2) is 78.9 Å². The zero-order valence-electron chi connectivity index (χ0n) is 16.7. The SMILES string of the molecule is Cc1ccc(CN(Cc2ccccc2)C[C@@H](O)COc2ccccc2C)cc1. The van der Waals surface area contributed by atoms with Crippen LogP contribution in [0.3, 0.4) is 0 Å². The molecule has 0 unspecified atom stereocenters. The Hall–Kier alpha value is -2.62. The van der Waals surface area contributed by atoms with Crippen molar-refractivity contribution < 1.29 is 9.84 Å². The molecule has 0 heterocycles. The molecule has 1 N–H and O–H groups in total. The molecule has 146 valence electrons. The molecule has 0 fully saturated rings. The number of benzene rings is 3. The molecule has 0 bridgehead atoms. The van der Waals surface area contributed by atoms with E-state index in [9.17, 15) is 5.11 Å². The lowest BCUT2D eigenvalue weighted by Crippen LogP contribution is -2.35. The molecular weight excluding hydrogens is 346 g/mol. The highest BCUT2D eigenvalue weighted by atomic mass is 16.5. The van der Waals surface area contributed by atoms with Gasteiger partial charge in [0.2, 0.25) is 0 Å². The predicted molar refractivity (Wildman–Crippen MR) is 114 cm³/mol. The summed E-state index contributed by atoms with van der Waals surface area (Å²) in [5, 5.41) is 10.6. The van der Waals surface area contributed by atoms with Crippen molar-refractivity contribution in [3.63, 3.8) is 0 Å². The normalized spacial score (nSPS) is 12.1. The van der Waals surface area contributed by atoms with E-state index < -0.39 is 6.10 Å². The maximum Gasteiger partial charge on any atom is 0.122 e. The van der Waals surface area contributed by atoms with E-state index in [2.05, 4.69) is 60.4 Å². The Balaban J connectivity index is 1.63. The van der Waals surface area contributed by atoms with Crippen LogP contribution in [0.25, 0.3) is 0 Å². The van der Waals surface area contributed by atoms with Crippen LogP contribution in [-0.4, -0.2) is 29.3 Å². The second kappa shape index (κ2) is 10.1. The highest BCUT2D eigenvalue weighted by molar-refractivity contribution is 5.31. The van der Waals surface area contributed by atoms with Gasteiger partial charge in [-0.25, -0.2) is 0 Å². The van der Waals surface area contributed by atoms with Crippen LogP contribution in [0.4, 0.5) is 0 Å². The minimum atomic E-state index is -0.561. The molecule has 0 saturated heterocycles. The molecule has 0 aliphatic rings. The van der Waals surface area contributed by atoms with Crippen molar-refractivity contribution in [2.24, 2.45) is 0 Å². The number of hydrogen-bond donors (Lipinski definition) is 1. The first-order valence-electron chi connectivity index (χ1n) is 9.78. The predicted octanol–water partition coefficient (Wildman–Crippen LogP) is 4.75. The second-order valence-electron chi connectivity index (χ2n) is 7.37. The van der Waals surface area contributed by atoms with Crippen LogP contribution in [0.5, 0.6) is 5.75 Å². The number of ether oxygens (including phenoxy) is 1. The number of nitrogens with zero attached hydrogens (tertiary/aromatic N) is 1. The highest BCUT2D eigenvalue weighted by Gasteiger charge is 2.14. The first kappa shape index (κ1) is 20.1. The van der Waals surface area contributed by atoms with Crippen molar-refractivity contribution in [2.75, 3.05) is 13.2 Å². The van der Waals surface area contributed by atoms with E-state index in [4.69, 9.17) is 4.74 Å². The molecule has 0 amide bonds. The first-order chi connectivity index (χ1) is 13.6. The highest BCUT2D eigenvalue weighted by Crippen LogP contribution is 2.17. The fourth-order valence-corrected chi connectivity index (χ4v) is 3.23. The summed E-state index contributed by atoms with van der Waals surface area (Å²) in [6.07, 6.45) is -0.561. The van der Waals surface area contributed by atoms with Crippen LogP contribution in [-0.2, 0) is 13.1 Å². The Morgan fingerprint density at radius 3 is 2.07 bits per heavy atom. The molecule has 3 rings (SSSR count). The third kappa shape index (κ3) is 6.22. The Morgan fingerprint density at radius 2 is 1.39 bits per heavy atom. The quantitative estimate of drug-likeness (QED) is 0.586. The van der Waals surface area contributed by atoms with Gasteiger partial charge in [-0.05, 0) is 36.6 Å². The van der Waals surface area contributed by atoms with Gasteiger partial charge in [0.15, 0.2) is 0 Å². The molecule has 1 atom stereocenters. The van der Waals surface area contributed by atoms with Crippen LogP contribution in [0.1, 0.15) is 22.3 Å². The fourth-order valence-electron chi connectivity index (χ4n) is 3.23. The Labute approximate surface area is 168 Å². The number of rotatable bonds is 9. The summed E-state index contributed by atoms with van der Waals surface area (Å²) < 4.78 is 5.84. The smallest absolute Gasteiger partial charge is 0.122 e. The summed E-state index contributed by atoms with van der Waals surface area (Å²) in [6, 6.07) is 26.9. The van der Waals surface area contributed by atoms with Crippen molar-refractivity contribution in [3.05, 3.63) is 101 Å². The monoisotopic (exact) mass is 375 g/mol. The number of hydrogen-bond acceptors (Lipinski definition) is 3. The zero-order chi connectivity index (χ0) is 19.8. The van der Waals surface area contributed by atoms with Gasteiger partial charge in [0.25, 0.3) is 0 Å². The standard InChI is InChI=1S/C25H29NO2/c1-20-12-14-23(15-13-20)17-26(16-22-9-4-3-5-10-22)18-24(27)19-28-25-11-7-6-8-21(25)2/h3-15,24,27H,16-19H2,1-2H3/t24-/m1/s1. The minimum absolute atomic E-state index is 0.282. The molecule has 3 nitrogen and oxygen atoms in total. The van der Waals surface area contributed by atoms with E-state index in [0.717, 1.165) is 24.4 Å². The van der Waals surface area contributed by atoms with Gasteiger partial charge in [-0.2, -0.15) is 0 Å². The largest absolute Gasteiger partial charge is 0.491 e. The third-order valence-corrected chi connectivity index (χ3v) is 4.77. The Kier molecular flexibility index (Phi) is 7.24. The maximum atomic E-state index is 10.6. The van der Waals surface area contributed by atoms with Crippen molar-refractivity contribution >= 4 is 0 Å². The zero-order valence-corrected chi connectivity index (χ0v) is 16.7. The lowest BCUT2D eigenvalue weighted by Gasteiger charge is -2.25. The molecule has 28 heavy (non-hydrogen) atoms. The summed E-state index contributed by atoms with van der Waals surface area (Å²) in [5.41, 5.74) is 4.82. The molecule has 0 saturated carbocycles. The number of aliphatic hydroxyl groups excluding tert-OH is 1. The Bertz CT molecular complexity index is 846. The number of para-hydroxylation sites is 1. The van der Waals surface area contributed by atoms with Gasteiger partial charge in [0.05, 0.1) is 0 Å². The first-order valence-corrected chi connectivity index (χ1v) is 9.78. The molecule has 0 aliphatic carbocycles. The summed E-state index contributed by atoms with van der Waals surface area (Å²) in [6.45, 7) is 6.52. The van der Waals surface area contributed by atoms with Crippen molar-refractivity contribution in [2.45, 2.75) is 33.0 Å².